The number of carbonyl (C=O) groups excluding carboxylic acids is 1. The Balaban J connectivity index is 1.33. The highest BCUT2D eigenvalue weighted by molar-refractivity contribution is 6.39. The van der Waals surface area contributed by atoms with Crippen molar-refractivity contribution < 1.29 is 14.4 Å². The molecule has 6 nitrogen and oxygen atoms in total. The molecule has 0 saturated carbocycles. The highest BCUT2D eigenvalue weighted by atomic mass is 16.6. The van der Waals surface area contributed by atoms with E-state index in [1.54, 1.807) is 0 Å². The molecule has 2 heterocycles. The van der Waals surface area contributed by atoms with Gasteiger partial charge in [-0.05, 0) is 30.5 Å². The van der Waals surface area contributed by atoms with Crippen molar-refractivity contribution in [1.29, 1.82) is 0 Å². The number of morpholine rings is 1. The van der Waals surface area contributed by atoms with Crippen LogP contribution in [0.25, 0.3) is 0 Å². The predicted molar refractivity (Wildman–Crippen MR) is 116 cm³/mol. The third-order valence-corrected chi connectivity index (χ3v) is 5.55. The third-order valence-electron chi connectivity index (χ3n) is 5.55. The molecule has 4 rings (SSSR count). The number of rotatable bonds is 6. The summed E-state index contributed by atoms with van der Waals surface area (Å²) in [5.41, 5.74) is 3.82. The van der Waals surface area contributed by atoms with Crippen LogP contribution >= 0.6 is 0 Å². The fraction of sp³-hybridized carbons (Fsp3) is 0.417. The standard InChI is InChI=1S/C24H29N3O3/c1-17-14-27(15-18(2)29-17)16-21-11-7-6-10-20(21)13-25-24(28)22-12-23(30-26-22)19-8-4-3-5-9-19/h3-11,17-18,23H,12-16H2,1-2H3,(H,25,28). The molecule has 30 heavy (non-hydrogen) atoms. The van der Waals surface area contributed by atoms with Crippen molar-refractivity contribution in [1.82, 2.24) is 10.2 Å². The number of nitrogens with zero attached hydrogens (tertiary/aromatic N) is 2. The van der Waals surface area contributed by atoms with E-state index in [4.69, 9.17) is 9.57 Å². The lowest BCUT2D eigenvalue weighted by Gasteiger charge is -2.35. The van der Waals surface area contributed by atoms with Gasteiger partial charge in [0.05, 0.1) is 12.2 Å². The minimum atomic E-state index is -0.190. The van der Waals surface area contributed by atoms with Crippen molar-refractivity contribution in [3.05, 3.63) is 71.3 Å². The first-order chi connectivity index (χ1) is 14.6. The molecule has 6 heteroatoms. The first kappa shape index (κ1) is 20.6. The van der Waals surface area contributed by atoms with Gasteiger partial charge in [0.15, 0.2) is 6.10 Å². The van der Waals surface area contributed by atoms with Crippen molar-refractivity contribution in [2.75, 3.05) is 13.1 Å². The Morgan fingerprint density at radius 1 is 1.03 bits per heavy atom. The number of amides is 1. The maximum atomic E-state index is 12.6. The topological polar surface area (TPSA) is 63.2 Å². The number of nitrogens with one attached hydrogen (secondary N) is 1. The lowest BCUT2D eigenvalue weighted by Crippen LogP contribution is -2.45. The second-order valence-corrected chi connectivity index (χ2v) is 8.15. The van der Waals surface area contributed by atoms with Crippen molar-refractivity contribution in [3.8, 4) is 0 Å². The largest absolute Gasteiger partial charge is 0.387 e. The van der Waals surface area contributed by atoms with Crippen molar-refractivity contribution in [3.63, 3.8) is 0 Å². The first-order valence-electron chi connectivity index (χ1n) is 10.6. The average molecular weight is 408 g/mol. The van der Waals surface area contributed by atoms with E-state index in [9.17, 15) is 4.79 Å². The molecule has 158 valence electrons. The quantitative estimate of drug-likeness (QED) is 0.797. The van der Waals surface area contributed by atoms with Crippen LogP contribution in [0.15, 0.2) is 59.8 Å². The molecule has 0 bridgehead atoms. The molecule has 1 saturated heterocycles. The van der Waals surface area contributed by atoms with E-state index in [2.05, 4.69) is 41.4 Å². The molecule has 2 aromatic rings. The van der Waals surface area contributed by atoms with Crippen molar-refractivity contribution in [2.24, 2.45) is 5.16 Å². The van der Waals surface area contributed by atoms with E-state index in [1.165, 1.54) is 5.56 Å². The zero-order chi connectivity index (χ0) is 20.9. The van der Waals surface area contributed by atoms with Crippen molar-refractivity contribution >= 4 is 11.6 Å². The number of carbonyl (C=O) groups is 1. The van der Waals surface area contributed by atoms with Gasteiger partial charge in [0, 0.05) is 32.6 Å². The summed E-state index contributed by atoms with van der Waals surface area (Å²) >= 11 is 0. The molecule has 1 fully saturated rings. The fourth-order valence-corrected chi connectivity index (χ4v) is 4.17. The van der Waals surface area contributed by atoms with Crippen LogP contribution in [0.5, 0.6) is 0 Å². The van der Waals surface area contributed by atoms with Crippen LogP contribution < -0.4 is 5.32 Å². The van der Waals surface area contributed by atoms with Crippen molar-refractivity contribution in [2.45, 2.75) is 51.7 Å². The van der Waals surface area contributed by atoms with E-state index in [1.807, 2.05) is 42.5 Å². The van der Waals surface area contributed by atoms with Crippen LogP contribution in [0.2, 0.25) is 0 Å². The van der Waals surface area contributed by atoms with E-state index >= 15 is 0 Å². The molecule has 3 atom stereocenters. The summed E-state index contributed by atoms with van der Waals surface area (Å²) in [6, 6.07) is 18.1. The maximum absolute atomic E-state index is 12.6. The molecular formula is C24H29N3O3. The summed E-state index contributed by atoms with van der Waals surface area (Å²) in [5.74, 6) is -0.170. The van der Waals surface area contributed by atoms with Gasteiger partial charge in [0.25, 0.3) is 5.91 Å². The Morgan fingerprint density at radius 3 is 2.43 bits per heavy atom. The Kier molecular flexibility index (Phi) is 6.45. The molecule has 0 aliphatic carbocycles. The average Bonchev–Trinajstić information content (AvgIpc) is 3.23. The number of oxime groups is 1. The predicted octanol–water partition coefficient (Wildman–Crippen LogP) is 3.43. The Bertz CT molecular complexity index is 890. The molecule has 0 spiro atoms. The van der Waals surface area contributed by atoms with Crippen LogP contribution in [0.1, 0.15) is 43.1 Å². The van der Waals surface area contributed by atoms with E-state index in [0.717, 1.165) is 30.8 Å². The molecule has 3 unspecified atom stereocenters. The van der Waals surface area contributed by atoms with Gasteiger partial charge in [-0.25, -0.2) is 0 Å². The van der Waals surface area contributed by atoms with Crippen LogP contribution in [0.4, 0.5) is 0 Å². The molecule has 0 radical (unpaired) electrons. The second kappa shape index (κ2) is 9.41. The summed E-state index contributed by atoms with van der Waals surface area (Å²) in [6.07, 6.45) is 0.766. The minimum absolute atomic E-state index is 0.170. The van der Waals surface area contributed by atoms with E-state index in [-0.39, 0.29) is 24.2 Å². The SMILES string of the molecule is CC1CN(Cc2ccccc2CNC(=O)C2=NOC(c3ccccc3)C2)CC(C)O1. The van der Waals surface area contributed by atoms with Crippen LogP contribution in [-0.2, 0) is 27.5 Å². The van der Waals surface area contributed by atoms with Gasteiger partial charge >= 0.3 is 0 Å². The van der Waals surface area contributed by atoms with Gasteiger partial charge in [-0.3, -0.25) is 9.69 Å². The maximum Gasteiger partial charge on any atom is 0.269 e. The highest BCUT2D eigenvalue weighted by Gasteiger charge is 2.27. The number of hydrogen-bond acceptors (Lipinski definition) is 5. The summed E-state index contributed by atoms with van der Waals surface area (Å²) in [4.78, 5) is 20.5. The van der Waals surface area contributed by atoms with Crippen LogP contribution in [0, 0.1) is 0 Å². The van der Waals surface area contributed by atoms with E-state index in [0.29, 0.717) is 18.7 Å². The molecule has 0 aromatic heterocycles. The fourth-order valence-electron chi connectivity index (χ4n) is 4.17. The Labute approximate surface area is 177 Å². The Hall–Kier alpha value is -2.70. The molecule has 1 amide bonds. The minimum Gasteiger partial charge on any atom is -0.387 e. The zero-order valence-corrected chi connectivity index (χ0v) is 17.6. The molecular weight excluding hydrogens is 378 g/mol. The molecule has 2 aliphatic rings. The third kappa shape index (κ3) is 5.07. The Morgan fingerprint density at radius 2 is 1.70 bits per heavy atom. The van der Waals surface area contributed by atoms with Gasteiger partial charge < -0.3 is 14.9 Å². The van der Waals surface area contributed by atoms with Crippen LogP contribution in [-0.4, -0.2) is 41.8 Å². The summed E-state index contributed by atoms with van der Waals surface area (Å²) in [5, 5.41) is 7.04. The number of hydrogen-bond donors (Lipinski definition) is 1. The van der Waals surface area contributed by atoms with Gasteiger partial charge in [-0.2, -0.15) is 0 Å². The highest BCUT2D eigenvalue weighted by Crippen LogP contribution is 2.27. The zero-order valence-electron chi connectivity index (χ0n) is 17.6. The lowest BCUT2D eigenvalue weighted by molar-refractivity contribution is -0.115. The van der Waals surface area contributed by atoms with Crippen LogP contribution in [0.3, 0.4) is 0 Å². The normalized spacial score (nSPS) is 24.2. The molecule has 2 aliphatic heterocycles. The number of ether oxygens (including phenoxy) is 1. The van der Waals surface area contributed by atoms with Gasteiger partial charge in [-0.15, -0.1) is 0 Å². The lowest BCUT2D eigenvalue weighted by atomic mass is 10.0. The summed E-state index contributed by atoms with van der Waals surface area (Å²) < 4.78 is 5.84. The van der Waals surface area contributed by atoms with Gasteiger partial charge in [0.1, 0.15) is 5.71 Å². The van der Waals surface area contributed by atoms with Gasteiger partial charge in [0.2, 0.25) is 0 Å². The van der Waals surface area contributed by atoms with E-state index < -0.39 is 0 Å². The monoisotopic (exact) mass is 407 g/mol. The second-order valence-electron chi connectivity index (χ2n) is 8.15. The first-order valence-corrected chi connectivity index (χ1v) is 10.6. The summed E-state index contributed by atoms with van der Waals surface area (Å²) in [7, 11) is 0. The molecule has 1 N–H and O–H groups in total. The van der Waals surface area contributed by atoms with Gasteiger partial charge in [-0.1, -0.05) is 59.8 Å². The molecule has 2 aromatic carbocycles. The smallest absolute Gasteiger partial charge is 0.269 e. The number of benzene rings is 2. The summed E-state index contributed by atoms with van der Waals surface area (Å²) in [6.45, 7) is 7.38.